The maximum Gasteiger partial charge on any atom is 0.00104 e. The van der Waals surface area contributed by atoms with E-state index in [-0.39, 0.29) is 0 Å². The third-order valence-corrected chi connectivity index (χ3v) is 3.98. The van der Waals surface area contributed by atoms with Gasteiger partial charge in [0.1, 0.15) is 0 Å². The van der Waals surface area contributed by atoms with E-state index in [0.29, 0.717) is 6.04 Å². The van der Waals surface area contributed by atoms with Gasteiger partial charge < -0.3 is 5.32 Å². The zero-order valence-corrected chi connectivity index (χ0v) is 9.05. The van der Waals surface area contributed by atoms with Gasteiger partial charge in [0.05, 0.1) is 0 Å². The van der Waals surface area contributed by atoms with E-state index in [9.17, 15) is 0 Å². The standard InChI is InChI=1S/C12H23N/c1-9(2)13-8-12-7-10-3-5-11(12)6-4-10/h9-13H,3-8H2,1-2H3. The third-order valence-electron chi connectivity index (χ3n) is 3.98. The van der Waals surface area contributed by atoms with E-state index in [1.165, 1.54) is 38.6 Å². The molecule has 1 unspecified atom stereocenters. The van der Waals surface area contributed by atoms with Gasteiger partial charge in [0, 0.05) is 6.04 Å². The molecule has 0 heterocycles. The SMILES string of the molecule is CC(C)NCC1CC2CCC1CC2. The van der Waals surface area contributed by atoms with Crippen LogP contribution in [0.3, 0.4) is 0 Å². The van der Waals surface area contributed by atoms with Crippen molar-refractivity contribution in [2.45, 2.75) is 52.0 Å². The summed E-state index contributed by atoms with van der Waals surface area (Å²) >= 11 is 0. The second kappa shape index (κ2) is 4.00. The molecular formula is C12H23N. The van der Waals surface area contributed by atoms with E-state index in [4.69, 9.17) is 0 Å². The van der Waals surface area contributed by atoms with Gasteiger partial charge in [-0.25, -0.2) is 0 Å². The molecule has 0 saturated heterocycles. The van der Waals surface area contributed by atoms with Crippen LogP contribution in [0.4, 0.5) is 0 Å². The minimum atomic E-state index is 0.667. The van der Waals surface area contributed by atoms with E-state index < -0.39 is 0 Å². The fraction of sp³-hybridized carbons (Fsp3) is 1.00. The molecule has 1 nitrogen and oxygen atoms in total. The van der Waals surface area contributed by atoms with E-state index >= 15 is 0 Å². The van der Waals surface area contributed by atoms with Crippen LogP contribution in [0.1, 0.15) is 46.0 Å². The number of fused-ring (bicyclic) bond motifs is 3. The van der Waals surface area contributed by atoms with Crippen LogP contribution >= 0.6 is 0 Å². The Balaban J connectivity index is 1.80. The number of rotatable bonds is 3. The molecule has 3 aliphatic rings. The predicted octanol–water partition coefficient (Wildman–Crippen LogP) is 2.81. The fourth-order valence-electron chi connectivity index (χ4n) is 3.15. The van der Waals surface area contributed by atoms with Gasteiger partial charge >= 0.3 is 0 Å². The predicted molar refractivity (Wildman–Crippen MR) is 56.7 cm³/mol. The summed E-state index contributed by atoms with van der Waals surface area (Å²) < 4.78 is 0. The highest BCUT2D eigenvalue weighted by molar-refractivity contribution is 4.87. The first-order chi connectivity index (χ1) is 6.25. The third kappa shape index (κ3) is 2.25. The zero-order chi connectivity index (χ0) is 9.26. The van der Waals surface area contributed by atoms with Crippen LogP contribution < -0.4 is 5.32 Å². The molecule has 3 rings (SSSR count). The van der Waals surface area contributed by atoms with Crippen molar-refractivity contribution >= 4 is 0 Å². The summed E-state index contributed by atoms with van der Waals surface area (Å²) in [5, 5.41) is 3.60. The van der Waals surface area contributed by atoms with E-state index in [1.807, 2.05) is 0 Å². The van der Waals surface area contributed by atoms with Gasteiger partial charge in [-0.1, -0.05) is 26.7 Å². The van der Waals surface area contributed by atoms with Crippen molar-refractivity contribution in [2.24, 2.45) is 17.8 Å². The van der Waals surface area contributed by atoms with Gasteiger partial charge in [-0.05, 0) is 43.6 Å². The lowest BCUT2D eigenvalue weighted by molar-refractivity contribution is 0.0968. The highest BCUT2D eigenvalue weighted by Gasteiger charge is 2.34. The summed E-state index contributed by atoms with van der Waals surface area (Å²) in [7, 11) is 0. The second-order valence-electron chi connectivity index (χ2n) is 5.34. The van der Waals surface area contributed by atoms with Crippen molar-refractivity contribution in [2.75, 3.05) is 6.54 Å². The summed E-state index contributed by atoms with van der Waals surface area (Å²) in [4.78, 5) is 0. The van der Waals surface area contributed by atoms with Crippen LogP contribution in [-0.4, -0.2) is 12.6 Å². The zero-order valence-electron chi connectivity index (χ0n) is 9.05. The van der Waals surface area contributed by atoms with Crippen molar-refractivity contribution in [1.29, 1.82) is 0 Å². The Hall–Kier alpha value is -0.0400. The van der Waals surface area contributed by atoms with Gasteiger partial charge in [-0.15, -0.1) is 0 Å². The van der Waals surface area contributed by atoms with Crippen LogP contribution in [0, 0.1) is 17.8 Å². The molecule has 3 fully saturated rings. The largest absolute Gasteiger partial charge is 0.314 e. The Labute approximate surface area is 82.3 Å². The highest BCUT2D eigenvalue weighted by Crippen LogP contribution is 2.44. The van der Waals surface area contributed by atoms with Gasteiger partial charge in [0.25, 0.3) is 0 Å². The molecule has 13 heavy (non-hydrogen) atoms. The quantitative estimate of drug-likeness (QED) is 0.706. The van der Waals surface area contributed by atoms with Crippen LogP contribution in [0.2, 0.25) is 0 Å². The molecule has 2 bridgehead atoms. The second-order valence-corrected chi connectivity index (χ2v) is 5.34. The smallest absolute Gasteiger partial charge is 0.00104 e. The molecule has 3 aliphatic carbocycles. The average Bonchev–Trinajstić information content (AvgIpc) is 2.17. The summed E-state index contributed by atoms with van der Waals surface area (Å²) in [6.07, 6.45) is 7.63. The van der Waals surface area contributed by atoms with Crippen molar-refractivity contribution in [3.8, 4) is 0 Å². The van der Waals surface area contributed by atoms with Crippen molar-refractivity contribution in [1.82, 2.24) is 5.32 Å². The monoisotopic (exact) mass is 181 g/mol. The minimum absolute atomic E-state index is 0.667. The van der Waals surface area contributed by atoms with Crippen LogP contribution in [0.25, 0.3) is 0 Å². The molecule has 0 aromatic rings. The van der Waals surface area contributed by atoms with Gasteiger partial charge in [0.15, 0.2) is 0 Å². The fourth-order valence-corrected chi connectivity index (χ4v) is 3.15. The molecule has 1 atom stereocenters. The number of hydrogen-bond donors (Lipinski definition) is 1. The summed E-state index contributed by atoms with van der Waals surface area (Å²) in [6.45, 7) is 5.78. The summed E-state index contributed by atoms with van der Waals surface area (Å²) in [5.74, 6) is 3.16. The Kier molecular flexibility index (Phi) is 2.92. The lowest BCUT2D eigenvalue weighted by Crippen LogP contribution is -2.39. The number of nitrogens with one attached hydrogen (secondary N) is 1. The molecule has 1 N–H and O–H groups in total. The molecule has 0 aliphatic heterocycles. The highest BCUT2D eigenvalue weighted by atomic mass is 14.9. The van der Waals surface area contributed by atoms with Crippen molar-refractivity contribution < 1.29 is 0 Å². The first kappa shape index (κ1) is 9.51. The Bertz CT molecular complexity index is 157. The molecule has 3 saturated carbocycles. The van der Waals surface area contributed by atoms with Crippen LogP contribution in [-0.2, 0) is 0 Å². The number of hydrogen-bond acceptors (Lipinski definition) is 1. The molecule has 1 heteroatoms. The van der Waals surface area contributed by atoms with Crippen LogP contribution in [0.15, 0.2) is 0 Å². The van der Waals surface area contributed by atoms with E-state index in [0.717, 1.165) is 17.8 Å². The first-order valence-corrected chi connectivity index (χ1v) is 5.99. The Morgan fingerprint density at radius 2 is 1.85 bits per heavy atom. The van der Waals surface area contributed by atoms with E-state index in [1.54, 1.807) is 0 Å². The first-order valence-electron chi connectivity index (χ1n) is 5.99. The summed E-state index contributed by atoms with van der Waals surface area (Å²) in [5.41, 5.74) is 0. The maximum atomic E-state index is 3.60. The Morgan fingerprint density at radius 3 is 2.31 bits per heavy atom. The molecular weight excluding hydrogens is 158 g/mol. The molecule has 76 valence electrons. The van der Waals surface area contributed by atoms with Gasteiger partial charge in [-0.3, -0.25) is 0 Å². The molecule has 0 radical (unpaired) electrons. The summed E-state index contributed by atoms with van der Waals surface area (Å²) in [6, 6.07) is 0.667. The van der Waals surface area contributed by atoms with Gasteiger partial charge in [0.2, 0.25) is 0 Å². The van der Waals surface area contributed by atoms with Gasteiger partial charge in [-0.2, -0.15) is 0 Å². The maximum absolute atomic E-state index is 3.60. The lowest BCUT2D eigenvalue weighted by atomic mass is 9.65. The molecule has 0 aromatic carbocycles. The minimum Gasteiger partial charge on any atom is -0.314 e. The Morgan fingerprint density at radius 1 is 1.15 bits per heavy atom. The lowest BCUT2D eigenvalue weighted by Gasteiger charge is -2.42. The van der Waals surface area contributed by atoms with Crippen molar-refractivity contribution in [3.05, 3.63) is 0 Å². The van der Waals surface area contributed by atoms with Crippen molar-refractivity contribution in [3.63, 3.8) is 0 Å². The molecule has 0 amide bonds. The molecule has 0 aromatic heterocycles. The molecule has 0 spiro atoms. The average molecular weight is 181 g/mol. The normalized spacial score (nSPS) is 38.5. The van der Waals surface area contributed by atoms with E-state index in [2.05, 4.69) is 19.2 Å². The van der Waals surface area contributed by atoms with Crippen LogP contribution in [0.5, 0.6) is 0 Å². The topological polar surface area (TPSA) is 12.0 Å².